The zero-order chi connectivity index (χ0) is 22.5. The van der Waals surface area contributed by atoms with Crippen LogP contribution >= 0.6 is 0 Å². The smallest absolute Gasteiger partial charge is 0.332 e. The van der Waals surface area contributed by atoms with E-state index in [9.17, 15) is 31.1 Å². The van der Waals surface area contributed by atoms with Crippen molar-refractivity contribution >= 4 is 16.9 Å². The molecule has 2 aromatic heterocycles. The number of carbonyl (C=O) groups is 1. The fourth-order valence-corrected chi connectivity index (χ4v) is 3.39. The van der Waals surface area contributed by atoms with E-state index in [-0.39, 0.29) is 24.4 Å². The number of amides is 1. The average Bonchev–Trinajstić information content (AvgIpc) is 3.04. The van der Waals surface area contributed by atoms with E-state index >= 15 is 0 Å². The highest BCUT2D eigenvalue weighted by atomic mass is 19.4. The van der Waals surface area contributed by atoms with E-state index < -0.39 is 41.6 Å². The second kappa shape index (κ2) is 7.40. The summed E-state index contributed by atoms with van der Waals surface area (Å²) in [7, 11) is 0. The van der Waals surface area contributed by atoms with Crippen LogP contribution in [0.4, 0.5) is 26.3 Å². The van der Waals surface area contributed by atoms with E-state index in [2.05, 4.69) is 16.7 Å². The maximum absolute atomic E-state index is 13.2. The Hall–Kier alpha value is -3.37. The molecule has 0 spiro atoms. The minimum Gasteiger partial charge on any atom is -0.332 e. The molecule has 1 saturated heterocycles. The highest BCUT2D eigenvalue weighted by Crippen LogP contribution is 2.35. The Labute approximate surface area is 171 Å². The zero-order valence-corrected chi connectivity index (χ0v) is 15.7. The van der Waals surface area contributed by atoms with Crippen LogP contribution < -0.4 is 0 Å². The van der Waals surface area contributed by atoms with Crippen molar-refractivity contribution in [1.82, 2.24) is 19.7 Å². The van der Waals surface area contributed by atoms with Crippen molar-refractivity contribution in [3.63, 3.8) is 0 Å². The van der Waals surface area contributed by atoms with Gasteiger partial charge in [-0.05, 0) is 24.3 Å². The molecular formula is C20H14F6N4O. The van der Waals surface area contributed by atoms with Gasteiger partial charge >= 0.3 is 6.18 Å². The molecule has 1 aromatic carbocycles. The molecule has 0 bridgehead atoms. The number of alkyl halides is 5. The first kappa shape index (κ1) is 20.9. The molecule has 0 atom stereocenters. The summed E-state index contributed by atoms with van der Waals surface area (Å²) in [6.07, 6.45) is -7.34. The SMILES string of the molecule is C=C(F)C(=O)N1CC(n2nc(-c3ccc(C(F)(F)F)cc3)c3ccc(C(F)F)nc32)C1. The third-order valence-electron chi connectivity index (χ3n) is 5.01. The molecule has 11 heteroatoms. The third kappa shape index (κ3) is 3.75. The second-order valence-corrected chi connectivity index (χ2v) is 7.05. The Morgan fingerprint density at radius 1 is 1.10 bits per heavy atom. The van der Waals surface area contributed by atoms with Crippen molar-refractivity contribution in [2.45, 2.75) is 18.6 Å². The van der Waals surface area contributed by atoms with E-state index in [0.29, 0.717) is 10.9 Å². The summed E-state index contributed by atoms with van der Waals surface area (Å²) in [5.74, 6) is -2.00. The summed E-state index contributed by atoms with van der Waals surface area (Å²) in [4.78, 5) is 16.8. The lowest BCUT2D eigenvalue weighted by molar-refractivity contribution is -0.137. The number of hydrogen-bond acceptors (Lipinski definition) is 3. The van der Waals surface area contributed by atoms with Gasteiger partial charge in [0.05, 0.1) is 11.6 Å². The number of benzene rings is 1. The fraction of sp³-hybridized carbons (Fsp3) is 0.250. The van der Waals surface area contributed by atoms with Gasteiger partial charge in [-0.15, -0.1) is 0 Å². The molecule has 31 heavy (non-hydrogen) atoms. The van der Waals surface area contributed by atoms with Crippen LogP contribution in [0.25, 0.3) is 22.3 Å². The first-order valence-corrected chi connectivity index (χ1v) is 9.05. The number of nitrogens with zero attached hydrogens (tertiary/aromatic N) is 4. The third-order valence-corrected chi connectivity index (χ3v) is 5.01. The molecule has 4 rings (SSSR count). The zero-order valence-electron chi connectivity index (χ0n) is 15.7. The summed E-state index contributed by atoms with van der Waals surface area (Å²) >= 11 is 0. The van der Waals surface area contributed by atoms with Crippen LogP contribution in [-0.4, -0.2) is 38.7 Å². The van der Waals surface area contributed by atoms with Crippen molar-refractivity contribution in [1.29, 1.82) is 0 Å². The minimum absolute atomic E-state index is 0.0611. The Balaban J connectivity index is 1.75. The maximum atomic E-state index is 13.2. The van der Waals surface area contributed by atoms with Crippen LogP contribution in [0.1, 0.15) is 23.7 Å². The molecule has 0 radical (unpaired) electrons. The Morgan fingerprint density at radius 2 is 1.74 bits per heavy atom. The molecule has 1 aliphatic heterocycles. The maximum Gasteiger partial charge on any atom is 0.416 e. The summed E-state index contributed by atoms with van der Waals surface area (Å²) in [5.41, 5.74) is -0.622. The topological polar surface area (TPSA) is 51.0 Å². The van der Waals surface area contributed by atoms with E-state index in [0.717, 1.165) is 18.2 Å². The molecule has 0 N–H and O–H groups in total. The fourth-order valence-electron chi connectivity index (χ4n) is 3.39. The van der Waals surface area contributed by atoms with Gasteiger partial charge in [0.25, 0.3) is 12.3 Å². The highest BCUT2D eigenvalue weighted by Gasteiger charge is 2.36. The molecule has 3 heterocycles. The van der Waals surface area contributed by atoms with E-state index in [1.165, 1.54) is 27.8 Å². The van der Waals surface area contributed by atoms with Crippen molar-refractivity contribution in [3.8, 4) is 11.3 Å². The molecule has 3 aromatic rings. The quantitative estimate of drug-likeness (QED) is 0.428. The Bertz CT molecular complexity index is 1160. The monoisotopic (exact) mass is 440 g/mol. The number of fused-ring (bicyclic) bond motifs is 1. The lowest BCUT2D eigenvalue weighted by Crippen LogP contribution is -2.51. The summed E-state index contributed by atoms with van der Waals surface area (Å²) in [6, 6.07) is 6.31. The lowest BCUT2D eigenvalue weighted by Gasteiger charge is -2.38. The molecule has 5 nitrogen and oxygen atoms in total. The van der Waals surface area contributed by atoms with E-state index in [1.807, 2.05) is 0 Å². The van der Waals surface area contributed by atoms with Crippen LogP contribution in [0.5, 0.6) is 0 Å². The number of aromatic nitrogens is 3. The first-order valence-electron chi connectivity index (χ1n) is 9.05. The molecular weight excluding hydrogens is 426 g/mol. The van der Waals surface area contributed by atoms with E-state index in [1.54, 1.807) is 0 Å². The molecule has 0 unspecified atom stereocenters. The van der Waals surface area contributed by atoms with Crippen molar-refractivity contribution in [2.75, 3.05) is 13.1 Å². The number of hydrogen-bond donors (Lipinski definition) is 0. The van der Waals surface area contributed by atoms with Gasteiger partial charge < -0.3 is 4.90 Å². The second-order valence-electron chi connectivity index (χ2n) is 7.05. The van der Waals surface area contributed by atoms with Crippen LogP contribution in [-0.2, 0) is 11.0 Å². The molecule has 1 aliphatic rings. The molecule has 0 aliphatic carbocycles. The molecule has 1 amide bonds. The normalized spacial score (nSPS) is 14.9. The van der Waals surface area contributed by atoms with Gasteiger partial charge in [0.15, 0.2) is 11.5 Å². The Kier molecular flexibility index (Phi) is 4.98. The summed E-state index contributed by atoms with van der Waals surface area (Å²) < 4.78 is 79.3. The van der Waals surface area contributed by atoms with Gasteiger partial charge in [0, 0.05) is 24.0 Å². The number of carbonyl (C=O) groups excluding carboxylic acids is 1. The Morgan fingerprint density at radius 3 is 2.29 bits per heavy atom. The van der Waals surface area contributed by atoms with Gasteiger partial charge in [-0.2, -0.15) is 18.3 Å². The molecule has 1 fully saturated rings. The van der Waals surface area contributed by atoms with Gasteiger partial charge in [-0.1, -0.05) is 18.7 Å². The van der Waals surface area contributed by atoms with Crippen LogP contribution in [0.15, 0.2) is 48.8 Å². The number of rotatable bonds is 4. The van der Waals surface area contributed by atoms with Crippen LogP contribution in [0, 0.1) is 0 Å². The minimum atomic E-state index is -4.50. The van der Waals surface area contributed by atoms with Crippen molar-refractivity contribution < 1.29 is 31.1 Å². The van der Waals surface area contributed by atoms with Crippen molar-refractivity contribution in [3.05, 3.63) is 60.1 Å². The van der Waals surface area contributed by atoms with Gasteiger partial charge in [-0.3, -0.25) is 4.79 Å². The van der Waals surface area contributed by atoms with Gasteiger partial charge in [0.2, 0.25) is 0 Å². The lowest BCUT2D eigenvalue weighted by atomic mass is 10.1. The number of pyridine rings is 1. The highest BCUT2D eigenvalue weighted by molar-refractivity contribution is 5.92. The first-order chi connectivity index (χ1) is 14.6. The largest absolute Gasteiger partial charge is 0.416 e. The van der Waals surface area contributed by atoms with E-state index in [4.69, 9.17) is 0 Å². The summed E-state index contributed by atoms with van der Waals surface area (Å²) in [5, 5.41) is 4.75. The predicted molar refractivity (Wildman–Crippen MR) is 98.8 cm³/mol. The average molecular weight is 440 g/mol. The standard InChI is InChI=1S/C20H14F6N4O/c1-10(21)19(31)29-8-13(9-29)30-18-14(6-7-15(27-18)17(22)23)16(28-30)11-2-4-12(5-3-11)20(24,25)26/h2-7,13,17H,1,8-9H2. The van der Waals surface area contributed by atoms with Gasteiger partial charge in [-0.25, -0.2) is 22.8 Å². The molecule has 162 valence electrons. The number of halogens is 6. The molecule has 0 saturated carbocycles. The van der Waals surface area contributed by atoms with Gasteiger partial charge in [0.1, 0.15) is 11.4 Å². The number of likely N-dealkylation sites (tertiary alicyclic amines) is 1. The van der Waals surface area contributed by atoms with Crippen LogP contribution in [0.2, 0.25) is 0 Å². The predicted octanol–water partition coefficient (Wildman–Crippen LogP) is 4.92. The summed E-state index contributed by atoms with van der Waals surface area (Å²) in [6.45, 7) is 3.07. The van der Waals surface area contributed by atoms with Crippen LogP contribution in [0.3, 0.4) is 0 Å². The van der Waals surface area contributed by atoms with Crippen molar-refractivity contribution in [2.24, 2.45) is 0 Å².